The van der Waals surface area contributed by atoms with Gasteiger partial charge in [0, 0.05) is 13.7 Å². The van der Waals surface area contributed by atoms with Crippen molar-refractivity contribution in [3.05, 3.63) is 29.1 Å². The molecule has 0 aliphatic heterocycles. The number of carbonyl (C=O) groups is 1. The zero-order chi connectivity index (χ0) is 18.7. The molecule has 0 radical (unpaired) electrons. The van der Waals surface area contributed by atoms with Crippen LogP contribution in [0.1, 0.15) is 20.3 Å². The number of halogens is 5. The van der Waals surface area contributed by atoms with Crippen LogP contribution >= 0.6 is 8.15 Å². The number of carbonyl (C=O) groups excluding carboxylic acids is 1. The average molecular weight is 373 g/mol. The summed E-state index contributed by atoms with van der Waals surface area (Å²) in [5.74, 6) is -14.1. The van der Waals surface area contributed by atoms with Crippen molar-refractivity contribution in [3.8, 4) is 5.75 Å². The molecule has 0 aromatic heterocycles. The summed E-state index contributed by atoms with van der Waals surface area (Å²) in [5, 5.41) is 0. The Balaban J connectivity index is 2.67. The number of ether oxygens (including phenoxy) is 1. The van der Waals surface area contributed by atoms with E-state index in [0.29, 0.717) is 12.6 Å². The standard InChI is InChI=1S/C14H17F5NO3P/c1-14(2,20)4-5-24(3)22-6-7(21)23-13-11(18)9(16)8(15)10(17)12(13)19/h4-6,20H2,1-3H3. The summed E-state index contributed by atoms with van der Waals surface area (Å²) in [7, 11) is -1.06. The lowest BCUT2D eigenvalue weighted by atomic mass is 10.0. The van der Waals surface area contributed by atoms with E-state index in [9.17, 15) is 26.7 Å². The fourth-order valence-corrected chi connectivity index (χ4v) is 2.84. The minimum absolute atomic E-state index is 0.421. The highest BCUT2D eigenvalue weighted by atomic mass is 31.1. The molecular formula is C14H17F5NO3P. The Labute approximate surface area is 136 Å². The second kappa shape index (κ2) is 8.18. The van der Waals surface area contributed by atoms with E-state index in [1.54, 1.807) is 6.66 Å². The van der Waals surface area contributed by atoms with Crippen LogP contribution in [-0.2, 0) is 9.32 Å². The van der Waals surface area contributed by atoms with Crippen molar-refractivity contribution in [2.45, 2.75) is 25.8 Å². The number of nitrogens with two attached hydrogens (primary N) is 1. The van der Waals surface area contributed by atoms with Gasteiger partial charge in [-0.05, 0) is 33.1 Å². The maximum Gasteiger partial charge on any atom is 0.338 e. The summed E-state index contributed by atoms with van der Waals surface area (Å²) < 4.78 is 75.0. The third kappa shape index (κ3) is 5.65. The summed E-state index contributed by atoms with van der Waals surface area (Å²) in [4.78, 5) is 11.5. The van der Waals surface area contributed by atoms with Crippen molar-refractivity contribution in [2.75, 3.05) is 19.4 Å². The summed E-state index contributed by atoms with van der Waals surface area (Å²) in [6.45, 7) is 4.64. The molecule has 0 aliphatic carbocycles. The lowest BCUT2D eigenvalue weighted by Gasteiger charge is -2.20. The van der Waals surface area contributed by atoms with Crippen LogP contribution in [-0.4, -0.2) is 30.9 Å². The first-order valence-electron chi connectivity index (χ1n) is 6.79. The van der Waals surface area contributed by atoms with Crippen LogP contribution in [0.15, 0.2) is 0 Å². The largest absolute Gasteiger partial charge is 0.418 e. The lowest BCUT2D eigenvalue weighted by molar-refractivity contribution is -0.136. The van der Waals surface area contributed by atoms with Crippen LogP contribution in [0.5, 0.6) is 5.75 Å². The fourth-order valence-electron chi connectivity index (χ4n) is 1.49. The van der Waals surface area contributed by atoms with Crippen LogP contribution in [0.3, 0.4) is 0 Å². The minimum atomic E-state index is -2.33. The molecule has 0 bridgehead atoms. The van der Waals surface area contributed by atoms with Gasteiger partial charge in [-0.1, -0.05) is 0 Å². The topological polar surface area (TPSA) is 61.5 Å². The third-order valence-electron chi connectivity index (χ3n) is 2.86. The van der Waals surface area contributed by atoms with Crippen molar-refractivity contribution in [2.24, 2.45) is 5.73 Å². The molecule has 1 aromatic carbocycles. The van der Waals surface area contributed by atoms with E-state index in [-0.39, 0.29) is 0 Å². The maximum atomic E-state index is 13.4. The van der Waals surface area contributed by atoms with E-state index in [0.717, 1.165) is 0 Å². The van der Waals surface area contributed by atoms with Crippen LogP contribution in [0.2, 0.25) is 0 Å². The smallest absolute Gasteiger partial charge is 0.338 e. The summed E-state index contributed by atoms with van der Waals surface area (Å²) >= 11 is 0. The lowest BCUT2D eigenvalue weighted by Crippen LogP contribution is -2.32. The van der Waals surface area contributed by atoms with Gasteiger partial charge in [-0.25, -0.2) is 18.0 Å². The third-order valence-corrected chi connectivity index (χ3v) is 4.28. The predicted molar refractivity (Wildman–Crippen MR) is 78.4 cm³/mol. The van der Waals surface area contributed by atoms with Crippen LogP contribution < -0.4 is 10.5 Å². The maximum absolute atomic E-state index is 13.4. The van der Waals surface area contributed by atoms with E-state index in [4.69, 9.17) is 10.3 Å². The fraction of sp³-hybridized carbons (Fsp3) is 0.500. The number of esters is 1. The van der Waals surface area contributed by atoms with Crippen molar-refractivity contribution >= 4 is 14.1 Å². The molecule has 0 saturated heterocycles. The number of benzene rings is 1. The second-order valence-corrected chi connectivity index (χ2v) is 7.70. The molecule has 1 atom stereocenters. The Morgan fingerprint density at radius 1 is 1.04 bits per heavy atom. The van der Waals surface area contributed by atoms with Crippen molar-refractivity contribution in [3.63, 3.8) is 0 Å². The molecule has 0 fully saturated rings. The Bertz CT molecular complexity index is 592. The molecule has 136 valence electrons. The summed E-state index contributed by atoms with van der Waals surface area (Å²) in [6.07, 6.45) is 1.18. The van der Waals surface area contributed by atoms with Gasteiger partial charge in [-0.2, -0.15) is 8.78 Å². The highest BCUT2D eigenvalue weighted by molar-refractivity contribution is 7.51. The van der Waals surface area contributed by atoms with Gasteiger partial charge in [0.25, 0.3) is 0 Å². The Kier molecular flexibility index (Phi) is 7.07. The average Bonchev–Trinajstić information content (AvgIpc) is 2.50. The van der Waals surface area contributed by atoms with E-state index in [1.165, 1.54) is 0 Å². The van der Waals surface area contributed by atoms with Crippen LogP contribution in [0.4, 0.5) is 22.0 Å². The molecule has 0 aliphatic rings. The van der Waals surface area contributed by atoms with Crippen LogP contribution in [0, 0.1) is 29.1 Å². The monoisotopic (exact) mass is 373 g/mol. The number of rotatable bonds is 7. The SMILES string of the molecule is CP(CCC(C)(C)N)OCC(=O)Oc1c(F)c(F)c(F)c(F)c1F. The molecule has 0 spiro atoms. The first-order valence-corrected chi connectivity index (χ1v) is 8.68. The van der Waals surface area contributed by atoms with Crippen molar-refractivity contribution in [1.29, 1.82) is 0 Å². The van der Waals surface area contributed by atoms with Gasteiger partial charge in [0.05, 0.1) is 0 Å². The van der Waals surface area contributed by atoms with E-state index in [2.05, 4.69) is 4.74 Å². The molecule has 1 unspecified atom stereocenters. The first-order chi connectivity index (χ1) is 10.9. The molecular weight excluding hydrogens is 356 g/mol. The minimum Gasteiger partial charge on any atom is -0.418 e. The number of hydrogen-bond donors (Lipinski definition) is 1. The Hall–Kier alpha value is -1.31. The zero-order valence-electron chi connectivity index (χ0n) is 13.3. The van der Waals surface area contributed by atoms with E-state index in [1.807, 2.05) is 13.8 Å². The molecule has 0 amide bonds. The molecule has 24 heavy (non-hydrogen) atoms. The van der Waals surface area contributed by atoms with Gasteiger partial charge >= 0.3 is 5.97 Å². The van der Waals surface area contributed by atoms with E-state index >= 15 is 0 Å². The highest BCUT2D eigenvalue weighted by Crippen LogP contribution is 2.34. The normalized spacial score (nSPS) is 13.0. The number of hydrogen-bond acceptors (Lipinski definition) is 4. The molecule has 1 rings (SSSR count). The Morgan fingerprint density at radius 2 is 1.50 bits per heavy atom. The molecule has 0 saturated carbocycles. The highest BCUT2D eigenvalue weighted by Gasteiger charge is 2.28. The second-order valence-electron chi connectivity index (χ2n) is 5.74. The van der Waals surface area contributed by atoms with E-state index < -0.39 is 61.1 Å². The summed E-state index contributed by atoms with van der Waals surface area (Å²) in [6, 6.07) is 0. The molecule has 10 heteroatoms. The van der Waals surface area contributed by atoms with Gasteiger partial charge in [-0.15, -0.1) is 0 Å². The van der Waals surface area contributed by atoms with Gasteiger partial charge in [0.1, 0.15) is 6.61 Å². The van der Waals surface area contributed by atoms with Crippen molar-refractivity contribution in [1.82, 2.24) is 0 Å². The molecule has 2 N–H and O–H groups in total. The zero-order valence-corrected chi connectivity index (χ0v) is 14.2. The van der Waals surface area contributed by atoms with Crippen molar-refractivity contribution < 1.29 is 36.0 Å². The first kappa shape index (κ1) is 20.7. The van der Waals surface area contributed by atoms with Gasteiger partial charge in [-0.3, -0.25) is 0 Å². The van der Waals surface area contributed by atoms with Gasteiger partial charge in [0.15, 0.2) is 0 Å². The summed E-state index contributed by atoms with van der Waals surface area (Å²) in [5.41, 5.74) is 5.37. The van der Waals surface area contributed by atoms with Gasteiger partial charge in [0.2, 0.25) is 34.8 Å². The molecule has 0 heterocycles. The quantitative estimate of drug-likeness (QED) is 0.199. The van der Waals surface area contributed by atoms with Gasteiger partial charge < -0.3 is 15.0 Å². The predicted octanol–water partition coefficient (Wildman–Crippen LogP) is 3.46. The Morgan fingerprint density at radius 3 is 1.96 bits per heavy atom. The molecule has 1 aromatic rings. The van der Waals surface area contributed by atoms with Crippen LogP contribution in [0.25, 0.3) is 0 Å². The molecule has 4 nitrogen and oxygen atoms in total.